The van der Waals surface area contributed by atoms with E-state index in [-0.39, 0.29) is 30.0 Å². The zero-order valence-electron chi connectivity index (χ0n) is 16.3. The molecule has 0 bridgehead atoms. The van der Waals surface area contributed by atoms with E-state index in [4.69, 9.17) is 13.8 Å². The highest BCUT2D eigenvalue weighted by atomic mass is 19.3. The third kappa shape index (κ3) is 5.05. The van der Waals surface area contributed by atoms with Crippen LogP contribution < -0.4 is 14.8 Å². The van der Waals surface area contributed by atoms with Crippen LogP contribution in [0.25, 0.3) is 11.4 Å². The molecule has 156 valence electrons. The third-order valence-electron chi connectivity index (χ3n) is 4.06. The predicted molar refractivity (Wildman–Crippen MR) is 96.4 cm³/mol. The molecule has 3 rings (SSSR count). The largest absolute Gasteiger partial charge is 0.493 e. The van der Waals surface area contributed by atoms with Crippen LogP contribution in [0.3, 0.4) is 0 Å². The molecule has 0 radical (unpaired) electrons. The van der Waals surface area contributed by atoms with E-state index in [0.29, 0.717) is 29.0 Å². The van der Waals surface area contributed by atoms with E-state index in [1.54, 1.807) is 13.0 Å². The predicted octanol–water partition coefficient (Wildman–Crippen LogP) is 3.52. The SMILES string of the molecule is COc1cc(-c2noc(CN[C@H](c3nc(C)no3)C(C)C)n2)ccc1OC(F)F. The van der Waals surface area contributed by atoms with E-state index < -0.39 is 6.61 Å². The summed E-state index contributed by atoms with van der Waals surface area (Å²) in [5.74, 6) is 1.92. The summed E-state index contributed by atoms with van der Waals surface area (Å²) in [5, 5.41) is 11.0. The van der Waals surface area contributed by atoms with Gasteiger partial charge in [-0.1, -0.05) is 24.2 Å². The Bertz CT molecular complexity index is 944. The quantitative estimate of drug-likeness (QED) is 0.568. The summed E-state index contributed by atoms with van der Waals surface area (Å²) in [4.78, 5) is 8.58. The van der Waals surface area contributed by atoms with E-state index in [1.165, 1.54) is 19.2 Å². The molecule has 2 heterocycles. The summed E-state index contributed by atoms with van der Waals surface area (Å²) in [7, 11) is 1.36. The lowest BCUT2D eigenvalue weighted by atomic mass is 10.0. The van der Waals surface area contributed by atoms with Gasteiger partial charge < -0.3 is 18.5 Å². The molecule has 1 N–H and O–H groups in total. The number of ether oxygens (including phenoxy) is 2. The maximum absolute atomic E-state index is 12.5. The number of alkyl halides is 2. The van der Waals surface area contributed by atoms with Crippen molar-refractivity contribution in [1.82, 2.24) is 25.6 Å². The van der Waals surface area contributed by atoms with Crippen molar-refractivity contribution in [3.05, 3.63) is 35.8 Å². The van der Waals surface area contributed by atoms with Gasteiger partial charge in [0.25, 0.3) is 0 Å². The smallest absolute Gasteiger partial charge is 0.387 e. The van der Waals surface area contributed by atoms with Gasteiger partial charge >= 0.3 is 6.61 Å². The summed E-state index contributed by atoms with van der Waals surface area (Å²) in [6, 6.07) is 4.22. The molecule has 2 aromatic heterocycles. The Labute approximate surface area is 165 Å². The Balaban J connectivity index is 1.72. The van der Waals surface area contributed by atoms with Crippen LogP contribution in [0.2, 0.25) is 0 Å². The molecule has 29 heavy (non-hydrogen) atoms. The van der Waals surface area contributed by atoms with Crippen LogP contribution in [-0.4, -0.2) is 34.0 Å². The van der Waals surface area contributed by atoms with Gasteiger partial charge in [0.15, 0.2) is 17.3 Å². The number of hydrogen-bond acceptors (Lipinski definition) is 9. The normalized spacial score (nSPS) is 12.6. The fraction of sp³-hybridized carbons (Fsp3) is 0.444. The molecule has 1 atom stereocenters. The van der Waals surface area contributed by atoms with E-state index in [9.17, 15) is 8.78 Å². The van der Waals surface area contributed by atoms with Crippen LogP contribution in [0.15, 0.2) is 27.2 Å². The van der Waals surface area contributed by atoms with Gasteiger partial charge in [-0.25, -0.2) is 0 Å². The van der Waals surface area contributed by atoms with Crippen molar-refractivity contribution < 1.29 is 27.3 Å². The number of nitrogens with one attached hydrogen (secondary N) is 1. The van der Waals surface area contributed by atoms with Crippen LogP contribution in [0.1, 0.15) is 37.5 Å². The first-order chi connectivity index (χ1) is 13.9. The fourth-order valence-electron chi connectivity index (χ4n) is 2.69. The minimum Gasteiger partial charge on any atom is -0.493 e. The molecule has 0 spiro atoms. The molecule has 0 unspecified atom stereocenters. The number of benzene rings is 1. The molecule has 0 aliphatic heterocycles. The Morgan fingerprint density at radius 2 is 1.90 bits per heavy atom. The zero-order chi connectivity index (χ0) is 21.0. The Hall–Kier alpha value is -3.08. The van der Waals surface area contributed by atoms with E-state index in [2.05, 4.69) is 30.3 Å². The van der Waals surface area contributed by atoms with Crippen LogP contribution in [0, 0.1) is 12.8 Å². The second kappa shape index (κ2) is 8.95. The van der Waals surface area contributed by atoms with E-state index >= 15 is 0 Å². The number of nitrogens with zero attached hydrogens (tertiary/aromatic N) is 4. The standard InChI is InChI=1S/C18H21F2N5O4/c1-9(2)15(17-22-10(3)24-29-17)21-8-14-23-16(25-28-14)11-5-6-12(27-18(19)20)13(7-11)26-4/h5-7,9,15,18,21H,8H2,1-4H3/t15-/m0/s1. The van der Waals surface area contributed by atoms with Crippen molar-refractivity contribution >= 4 is 0 Å². The van der Waals surface area contributed by atoms with E-state index in [1.807, 2.05) is 13.8 Å². The van der Waals surface area contributed by atoms with Crippen molar-refractivity contribution in [2.45, 2.75) is 40.0 Å². The highest BCUT2D eigenvalue weighted by molar-refractivity contribution is 5.60. The monoisotopic (exact) mass is 409 g/mol. The van der Waals surface area contributed by atoms with Crippen molar-refractivity contribution in [3.63, 3.8) is 0 Å². The minimum absolute atomic E-state index is 0.0775. The second-order valence-corrected chi connectivity index (χ2v) is 6.54. The summed E-state index contributed by atoms with van der Waals surface area (Å²) in [6.45, 7) is 3.12. The Morgan fingerprint density at radius 1 is 1.10 bits per heavy atom. The summed E-state index contributed by atoms with van der Waals surface area (Å²) < 4.78 is 44.9. The van der Waals surface area contributed by atoms with Gasteiger partial charge in [-0.2, -0.15) is 18.7 Å². The number of halogens is 2. The highest BCUT2D eigenvalue weighted by Crippen LogP contribution is 2.32. The molecule has 0 saturated carbocycles. The Morgan fingerprint density at radius 3 is 2.52 bits per heavy atom. The lowest BCUT2D eigenvalue weighted by molar-refractivity contribution is -0.0512. The minimum atomic E-state index is -2.95. The average molecular weight is 409 g/mol. The summed E-state index contributed by atoms with van der Waals surface area (Å²) in [5.41, 5.74) is 0.534. The molecule has 0 fully saturated rings. The molecule has 1 aromatic carbocycles. The maximum atomic E-state index is 12.5. The molecule has 0 saturated heterocycles. The zero-order valence-corrected chi connectivity index (χ0v) is 16.3. The molecular weight excluding hydrogens is 388 g/mol. The first kappa shape index (κ1) is 20.6. The molecule has 0 aliphatic rings. The molecule has 0 aliphatic carbocycles. The molecule has 9 nitrogen and oxygen atoms in total. The molecular formula is C18H21F2N5O4. The van der Waals surface area contributed by atoms with Crippen LogP contribution in [0.5, 0.6) is 11.5 Å². The second-order valence-electron chi connectivity index (χ2n) is 6.54. The first-order valence-corrected chi connectivity index (χ1v) is 8.86. The van der Waals surface area contributed by atoms with Crippen molar-refractivity contribution in [2.24, 2.45) is 5.92 Å². The van der Waals surface area contributed by atoms with E-state index in [0.717, 1.165) is 0 Å². The summed E-state index contributed by atoms with van der Waals surface area (Å²) >= 11 is 0. The van der Waals surface area contributed by atoms with Gasteiger partial charge in [0.1, 0.15) is 0 Å². The number of aryl methyl sites for hydroxylation is 1. The van der Waals surface area contributed by atoms with Gasteiger partial charge in [-0.15, -0.1) is 0 Å². The molecule has 3 aromatic rings. The van der Waals surface area contributed by atoms with Gasteiger partial charge in [-0.3, -0.25) is 5.32 Å². The fourth-order valence-corrected chi connectivity index (χ4v) is 2.69. The van der Waals surface area contributed by atoms with Crippen LogP contribution in [-0.2, 0) is 6.54 Å². The van der Waals surface area contributed by atoms with Crippen LogP contribution in [0.4, 0.5) is 8.78 Å². The van der Waals surface area contributed by atoms with Crippen molar-refractivity contribution in [3.8, 4) is 22.9 Å². The average Bonchev–Trinajstić information content (AvgIpc) is 3.31. The van der Waals surface area contributed by atoms with Crippen molar-refractivity contribution in [1.29, 1.82) is 0 Å². The summed E-state index contributed by atoms with van der Waals surface area (Å²) in [6.07, 6.45) is 0. The third-order valence-corrected chi connectivity index (χ3v) is 4.06. The number of methoxy groups -OCH3 is 1. The number of aromatic nitrogens is 4. The molecule has 0 amide bonds. The number of rotatable bonds is 9. The lowest BCUT2D eigenvalue weighted by Gasteiger charge is -2.17. The highest BCUT2D eigenvalue weighted by Gasteiger charge is 2.23. The van der Waals surface area contributed by atoms with Gasteiger partial charge in [0.2, 0.25) is 17.6 Å². The number of hydrogen-bond donors (Lipinski definition) is 1. The van der Waals surface area contributed by atoms with Gasteiger partial charge in [0.05, 0.1) is 19.7 Å². The maximum Gasteiger partial charge on any atom is 0.387 e. The van der Waals surface area contributed by atoms with Gasteiger partial charge in [-0.05, 0) is 31.0 Å². The van der Waals surface area contributed by atoms with Crippen LogP contribution >= 0.6 is 0 Å². The lowest BCUT2D eigenvalue weighted by Crippen LogP contribution is -2.25. The van der Waals surface area contributed by atoms with Crippen molar-refractivity contribution in [2.75, 3.05) is 7.11 Å². The molecule has 11 heteroatoms. The Kier molecular flexibility index (Phi) is 6.37. The van der Waals surface area contributed by atoms with Gasteiger partial charge in [0, 0.05) is 5.56 Å². The first-order valence-electron chi connectivity index (χ1n) is 8.86. The topological polar surface area (TPSA) is 108 Å².